The molecule has 1 aromatic carbocycles. The van der Waals surface area contributed by atoms with E-state index in [1.165, 1.54) is 11.8 Å². The third-order valence-electron chi connectivity index (χ3n) is 5.09. The predicted molar refractivity (Wildman–Crippen MR) is 109 cm³/mol. The minimum atomic E-state index is -0.694. The van der Waals surface area contributed by atoms with E-state index in [0.717, 1.165) is 42.7 Å². The van der Waals surface area contributed by atoms with Crippen LogP contribution >= 0.6 is 11.8 Å². The average Bonchev–Trinajstić information content (AvgIpc) is 3.08. The molecule has 1 aliphatic carbocycles. The highest BCUT2D eigenvalue weighted by molar-refractivity contribution is 8.03. The molecule has 8 heteroatoms. The highest BCUT2D eigenvalue weighted by Gasteiger charge is 2.28. The van der Waals surface area contributed by atoms with Crippen molar-refractivity contribution in [1.82, 2.24) is 5.32 Å². The molecule has 152 valence electrons. The number of hydrogen-bond acceptors (Lipinski definition) is 7. The number of benzene rings is 1. The van der Waals surface area contributed by atoms with Gasteiger partial charge in [0.2, 0.25) is 11.7 Å². The molecule has 0 atom stereocenters. The van der Waals surface area contributed by atoms with Crippen LogP contribution in [0.2, 0.25) is 0 Å². The summed E-state index contributed by atoms with van der Waals surface area (Å²) in [6, 6.07) is 9.53. The second-order valence-corrected chi connectivity index (χ2v) is 8.09. The number of ether oxygens (including phenoxy) is 1. The van der Waals surface area contributed by atoms with Gasteiger partial charge in [0.1, 0.15) is 23.2 Å². The molecule has 0 bridgehead atoms. The Kier molecular flexibility index (Phi) is 6.94. The first kappa shape index (κ1) is 20.9. The number of carbonyl (C=O) groups excluding carboxylic acids is 3. The summed E-state index contributed by atoms with van der Waals surface area (Å²) in [6.07, 6.45) is 4.87. The molecule has 0 unspecified atom stereocenters. The highest BCUT2D eigenvalue weighted by Crippen LogP contribution is 2.46. The fourth-order valence-electron chi connectivity index (χ4n) is 3.49. The van der Waals surface area contributed by atoms with E-state index in [9.17, 15) is 19.6 Å². The number of Topliss-reactive ketones (excluding diaryl/α,β-unsaturated/α-hetero) is 1. The number of carbonyl (C=O) groups is 3. The Morgan fingerprint density at radius 3 is 2.66 bits per heavy atom. The van der Waals surface area contributed by atoms with Crippen LogP contribution in [0.4, 0.5) is 5.69 Å². The molecule has 29 heavy (non-hydrogen) atoms. The molecule has 0 aromatic heterocycles. The summed E-state index contributed by atoms with van der Waals surface area (Å²) >= 11 is 1.33. The van der Waals surface area contributed by atoms with Gasteiger partial charge >= 0.3 is 5.97 Å². The van der Waals surface area contributed by atoms with Crippen molar-refractivity contribution in [3.05, 3.63) is 34.9 Å². The lowest BCUT2D eigenvalue weighted by Crippen LogP contribution is -2.36. The van der Waals surface area contributed by atoms with Crippen molar-refractivity contribution in [2.75, 3.05) is 25.1 Å². The number of nitrogens with zero attached hydrogens (tertiary/aromatic N) is 2. The summed E-state index contributed by atoms with van der Waals surface area (Å²) in [4.78, 5) is 39.2. The Bertz CT molecular complexity index is 884. The van der Waals surface area contributed by atoms with Crippen LogP contribution in [0.25, 0.3) is 0 Å². The van der Waals surface area contributed by atoms with Crippen LogP contribution in [-0.2, 0) is 19.1 Å². The Hall–Kier alpha value is -2.79. The number of anilines is 1. The van der Waals surface area contributed by atoms with Crippen molar-refractivity contribution in [1.29, 1.82) is 5.26 Å². The molecule has 1 aromatic rings. The summed E-state index contributed by atoms with van der Waals surface area (Å²) in [5.41, 5.74) is 0.864. The van der Waals surface area contributed by atoms with E-state index in [-0.39, 0.29) is 23.9 Å². The lowest BCUT2D eigenvalue weighted by atomic mass is 9.89. The first-order valence-corrected chi connectivity index (χ1v) is 10.4. The normalized spacial score (nSPS) is 17.9. The number of rotatable bonds is 6. The summed E-state index contributed by atoms with van der Waals surface area (Å²) in [5, 5.41) is 12.6. The van der Waals surface area contributed by atoms with Crippen molar-refractivity contribution in [2.24, 2.45) is 5.92 Å². The van der Waals surface area contributed by atoms with Crippen molar-refractivity contribution in [3.63, 3.8) is 0 Å². The van der Waals surface area contributed by atoms with Gasteiger partial charge in [-0.2, -0.15) is 5.26 Å². The molecule has 0 spiro atoms. The number of nitrogens with one attached hydrogen (secondary N) is 1. The fraction of sp³-hybridized carbons (Fsp3) is 0.429. The molecular weight excluding hydrogens is 390 g/mol. The second-order valence-electron chi connectivity index (χ2n) is 7.06. The minimum absolute atomic E-state index is 0.0484. The number of thioether (sulfide) groups is 1. The van der Waals surface area contributed by atoms with Gasteiger partial charge in [0, 0.05) is 17.9 Å². The molecule has 1 aliphatic heterocycles. The van der Waals surface area contributed by atoms with E-state index in [2.05, 4.69) is 5.32 Å². The maximum absolute atomic E-state index is 12.5. The monoisotopic (exact) mass is 413 g/mol. The Morgan fingerprint density at radius 1 is 1.24 bits per heavy atom. The molecule has 1 saturated carbocycles. The maximum Gasteiger partial charge on any atom is 0.325 e. The zero-order valence-corrected chi connectivity index (χ0v) is 17.1. The molecule has 1 fully saturated rings. The van der Waals surface area contributed by atoms with Gasteiger partial charge in [0.15, 0.2) is 6.61 Å². The molecule has 3 rings (SSSR count). The predicted octanol–water partition coefficient (Wildman–Crippen LogP) is 2.77. The molecule has 1 N–H and O–H groups in total. The Labute approximate surface area is 174 Å². The molecule has 2 aliphatic rings. The van der Waals surface area contributed by atoms with Gasteiger partial charge in [-0.1, -0.05) is 43.2 Å². The zero-order chi connectivity index (χ0) is 20.8. The lowest BCUT2D eigenvalue weighted by Gasteiger charge is -2.20. The largest absolute Gasteiger partial charge is 0.456 e. The van der Waals surface area contributed by atoms with Gasteiger partial charge in [0.05, 0.1) is 5.69 Å². The highest BCUT2D eigenvalue weighted by atomic mass is 32.2. The quantitative estimate of drug-likeness (QED) is 0.435. The molecule has 1 amide bonds. The summed E-state index contributed by atoms with van der Waals surface area (Å²) in [5.74, 6) is -1.46. The van der Waals surface area contributed by atoms with Crippen LogP contribution in [-0.4, -0.2) is 37.9 Å². The number of nitriles is 1. The van der Waals surface area contributed by atoms with E-state index in [1.54, 1.807) is 11.9 Å². The van der Waals surface area contributed by atoms with Crippen molar-refractivity contribution in [3.8, 4) is 6.07 Å². The van der Waals surface area contributed by atoms with Crippen LogP contribution in [0.3, 0.4) is 0 Å². The summed E-state index contributed by atoms with van der Waals surface area (Å²) < 4.78 is 4.98. The van der Waals surface area contributed by atoms with E-state index < -0.39 is 18.4 Å². The third kappa shape index (κ3) is 4.98. The standard InChI is InChI=1S/C21H23N3O4S/c1-24-16-9-5-6-10-18(16)29-21(24)15(11-22)17(25)13-28-19(26)12-23-20(27)14-7-3-2-4-8-14/h5-6,9-10,14H,2-4,7-8,12-13H2,1H3,(H,23,27). The first-order valence-electron chi connectivity index (χ1n) is 9.62. The summed E-state index contributed by atoms with van der Waals surface area (Å²) in [7, 11) is 1.78. The van der Waals surface area contributed by atoms with Crippen LogP contribution in [0.5, 0.6) is 0 Å². The van der Waals surface area contributed by atoms with Crippen molar-refractivity contribution >= 4 is 35.1 Å². The van der Waals surface area contributed by atoms with Crippen LogP contribution in [0, 0.1) is 17.2 Å². The Balaban J connectivity index is 1.52. The van der Waals surface area contributed by atoms with Crippen LogP contribution in [0.15, 0.2) is 39.8 Å². The van der Waals surface area contributed by atoms with Gasteiger partial charge in [-0.3, -0.25) is 14.4 Å². The number of esters is 1. The minimum Gasteiger partial charge on any atom is -0.456 e. The van der Waals surface area contributed by atoms with Crippen LogP contribution < -0.4 is 10.2 Å². The summed E-state index contributed by atoms with van der Waals surface area (Å²) in [6.45, 7) is -0.809. The maximum atomic E-state index is 12.5. The lowest BCUT2D eigenvalue weighted by molar-refractivity contribution is -0.147. The number of para-hydroxylation sites is 1. The fourth-order valence-corrected chi connectivity index (χ4v) is 4.65. The zero-order valence-electron chi connectivity index (χ0n) is 16.3. The number of ketones is 1. The second kappa shape index (κ2) is 9.61. The van der Waals surface area contributed by atoms with Gasteiger partial charge in [-0.05, 0) is 25.0 Å². The van der Waals surface area contributed by atoms with Gasteiger partial charge in [0.25, 0.3) is 0 Å². The molecular formula is C21H23N3O4S. The third-order valence-corrected chi connectivity index (χ3v) is 6.33. The number of fused-ring (bicyclic) bond motifs is 1. The van der Waals surface area contributed by atoms with Crippen LogP contribution in [0.1, 0.15) is 32.1 Å². The Morgan fingerprint density at radius 2 is 1.97 bits per heavy atom. The van der Waals surface area contributed by atoms with E-state index in [4.69, 9.17) is 4.74 Å². The molecule has 7 nitrogen and oxygen atoms in total. The molecule has 1 heterocycles. The first-order chi connectivity index (χ1) is 14.0. The smallest absolute Gasteiger partial charge is 0.325 e. The average molecular weight is 413 g/mol. The van der Waals surface area contributed by atoms with Gasteiger partial charge in [-0.25, -0.2) is 0 Å². The van der Waals surface area contributed by atoms with E-state index >= 15 is 0 Å². The number of amides is 1. The van der Waals surface area contributed by atoms with Crippen molar-refractivity contribution in [2.45, 2.75) is 37.0 Å². The van der Waals surface area contributed by atoms with Gasteiger partial charge in [-0.15, -0.1) is 0 Å². The number of hydrogen-bond donors (Lipinski definition) is 1. The SMILES string of the molecule is CN1C(=C(C#N)C(=O)COC(=O)CNC(=O)C2CCCCC2)Sc2ccccc21. The van der Waals surface area contributed by atoms with Gasteiger partial charge < -0.3 is 15.0 Å². The topological polar surface area (TPSA) is 99.5 Å². The van der Waals surface area contributed by atoms with Crippen molar-refractivity contribution < 1.29 is 19.1 Å². The molecule has 0 radical (unpaired) electrons. The van der Waals surface area contributed by atoms with E-state index in [1.807, 2.05) is 30.3 Å². The molecule has 0 saturated heterocycles. The van der Waals surface area contributed by atoms with E-state index in [0.29, 0.717) is 5.03 Å².